The lowest BCUT2D eigenvalue weighted by Crippen LogP contribution is -2.37. The maximum atomic E-state index is 13.1. The van der Waals surface area contributed by atoms with Crippen molar-refractivity contribution in [1.29, 1.82) is 0 Å². The van der Waals surface area contributed by atoms with Gasteiger partial charge in [0.05, 0.1) is 34.3 Å². The summed E-state index contributed by atoms with van der Waals surface area (Å²) in [6, 6.07) is 8.59. The number of nitro benzene ring substituents is 1. The van der Waals surface area contributed by atoms with Crippen LogP contribution in [0.2, 0.25) is 0 Å². The van der Waals surface area contributed by atoms with Crippen LogP contribution in [0.4, 0.5) is 17.1 Å². The van der Waals surface area contributed by atoms with Crippen molar-refractivity contribution in [2.75, 3.05) is 50.6 Å². The fraction of sp³-hybridized carbons (Fsp3) is 0.350. The Balaban J connectivity index is 1.99. The third kappa shape index (κ3) is 4.84. The van der Waals surface area contributed by atoms with Crippen molar-refractivity contribution in [3.8, 4) is 0 Å². The molecule has 0 aliphatic carbocycles. The van der Waals surface area contributed by atoms with Gasteiger partial charge in [-0.3, -0.25) is 14.9 Å². The number of carbonyl (C=O) groups excluding carboxylic acids is 1. The summed E-state index contributed by atoms with van der Waals surface area (Å²) in [6.45, 7) is 3.81. The van der Waals surface area contributed by atoms with E-state index in [1.54, 1.807) is 19.1 Å². The molecule has 1 heterocycles. The van der Waals surface area contributed by atoms with E-state index in [1.165, 1.54) is 38.4 Å². The van der Waals surface area contributed by atoms with Gasteiger partial charge in [-0.05, 0) is 30.7 Å². The number of morpholine rings is 1. The molecule has 0 unspecified atom stereocenters. The number of sulfonamides is 1. The molecule has 0 saturated carbocycles. The molecule has 1 aliphatic rings. The highest BCUT2D eigenvalue weighted by molar-refractivity contribution is 7.89. The molecule has 0 radical (unpaired) electrons. The van der Waals surface area contributed by atoms with E-state index in [9.17, 15) is 23.3 Å². The maximum absolute atomic E-state index is 13.1. The topological polar surface area (TPSA) is 122 Å². The van der Waals surface area contributed by atoms with Crippen LogP contribution in [0.5, 0.6) is 0 Å². The highest BCUT2D eigenvalue weighted by Gasteiger charge is 2.24. The Hall–Kier alpha value is -3.02. The molecule has 31 heavy (non-hydrogen) atoms. The number of amides is 1. The number of aryl methyl sites for hydroxylation is 1. The Morgan fingerprint density at radius 1 is 1.16 bits per heavy atom. The summed E-state index contributed by atoms with van der Waals surface area (Å²) >= 11 is 0. The lowest BCUT2D eigenvalue weighted by molar-refractivity contribution is -0.384. The average Bonchev–Trinajstić information content (AvgIpc) is 2.75. The predicted octanol–water partition coefficient (Wildman–Crippen LogP) is 2.24. The molecular formula is C20H24N4O6S. The van der Waals surface area contributed by atoms with Crippen LogP contribution in [-0.2, 0) is 14.8 Å². The fourth-order valence-electron chi connectivity index (χ4n) is 3.20. The number of ether oxygens (including phenoxy) is 1. The monoisotopic (exact) mass is 448 g/mol. The second kappa shape index (κ2) is 9.00. The minimum absolute atomic E-state index is 0.0332. The Morgan fingerprint density at radius 2 is 1.84 bits per heavy atom. The molecule has 10 nitrogen and oxygen atoms in total. The van der Waals surface area contributed by atoms with E-state index < -0.39 is 20.9 Å². The van der Waals surface area contributed by atoms with Gasteiger partial charge in [0.1, 0.15) is 0 Å². The third-order valence-electron chi connectivity index (χ3n) is 5.02. The normalized spacial score (nSPS) is 14.5. The lowest BCUT2D eigenvalue weighted by atomic mass is 10.1. The van der Waals surface area contributed by atoms with E-state index >= 15 is 0 Å². The molecule has 2 aromatic carbocycles. The van der Waals surface area contributed by atoms with Gasteiger partial charge in [-0.2, -0.15) is 0 Å². The second-order valence-electron chi connectivity index (χ2n) is 7.28. The van der Waals surface area contributed by atoms with Gasteiger partial charge < -0.3 is 15.0 Å². The van der Waals surface area contributed by atoms with Crippen molar-refractivity contribution >= 4 is 33.0 Å². The zero-order valence-electron chi connectivity index (χ0n) is 17.5. The first-order valence-electron chi connectivity index (χ1n) is 9.57. The Bertz CT molecular complexity index is 1110. The maximum Gasteiger partial charge on any atom is 0.270 e. The first-order chi connectivity index (χ1) is 14.6. The highest BCUT2D eigenvalue weighted by Crippen LogP contribution is 2.29. The third-order valence-corrected chi connectivity index (χ3v) is 6.83. The molecule has 0 aromatic heterocycles. The van der Waals surface area contributed by atoms with Crippen LogP contribution in [0.15, 0.2) is 41.3 Å². The van der Waals surface area contributed by atoms with Gasteiger partial charge in [0.15, 0.2) is 0 Å². The SMILES string of the molecule is Cc1ccc(S(=O)(=O)N(C)C)cc1NC(=O)c1cc([N+](=O)[O-])ccc1N1CCOCC1. The number of hydrogen-bond donors (Lipinski definition) is 1. The molecule has 1 N–H and O–H groups in total. The van der Waals surface area contributed by atoms with Crippen LogP contribution in [0.3, 0.4) is 0 Å². The number of benzene rings is 2. The minimum atomic E-state index is -3.69. The predicted molar refractivity (Wildman–Crippen MR) is 116 cm³/mol. The number of nitro groups is 1. The summed E-state index contributed by atoms with van der Waals surface area (Å²) in [5.74, 6) is -0.562. The standard InChI is InChI=1S/C20H24N4O6S/c1-14-4-6-16(31(28,29)22(2)3)13-18(14)21-20(25)17-12-15(24(26)27)5-7-19(17)23-8-10-30-11-9-23/h4-7,12-13H,8-11H2,1-3H3,(H,21,25). The summed E-state index contributed by atoms with van der Waals surface area (Å²) in [7, 11) is -0.846. The molecule has 166 valence electrons. The number of carbonyl (C=O) groups is 1. The fourth-order valence-corrected chi connectivity index (χ4v) is 4.12. The van der Waals surface area contributed by atoms with Crippen molar-refractivity contribution in [3.05, 3.63) is 57.6 Å². The summed E-state index contributed by atoms with van der Waals surface area (Å²) in [4.78, 5) is 25.8. The van der Waals surface area contributed by atoms with Crippen LogP contribution < -0.4 is 10.2 Å². The van der Waals surface area contributed by atoms with Crippen molar-refractivity contribution in [2.24, 2.45) is 0 Å². The minimum Gasteiger partial charge on any atom is -0.378 e. The molecule has 0 spiro atoms. The Morgan fingerprint density at radius 3 is 2.45 bits per heavy atom. The van der Waals surface area contributed by atoms with Gasteiger partial charge in [0.25, 0.3) is 11.6 Å². The zero-order valence-corrected chi connectivity index (χ0v) is 18.3. The zero-order chi connectivity index (χ0) is 22.8. The lowest BCUT2D eigenvalue weighted by Gasteiger charge is -2.30. The average molecular weight is 449 g/mol. The van der Waals surface area contributed by atoms with Gasteiger partial charge in [0, 0.05) is 45.0 Å². The smallest absolute Gasteiger partial charge is 0.270 e. The second-order valence-corrected chi connectivity index (χ2v) is 9.43. The van der Waals surface area contributed by atoms with Gasteiger partial charge in [-0.15, -0.1) is 0 Å². The van der Waals surface area contributed by atoms with E-state index in [-0.39, 0.29) is 16.1 Å². The van der Waals surface area contributed by atoms with Crippen molar-refractivity contribution < 1.29 is 22.9 Å². The molecule has 11 heteroatoms. The molecular weight excluding hydrogens is 424 g/mol. The van der Waals surface area contributed by atoms with Crippen molar-refractivity contribution in [2.45, 2.75) is 11.8 Å². The van der Waals surface area contributed by atoms with E-state index in [0.29, 0.717) is 43.2 Å². The molecule has 0 bridgehead atoms. The van der Waals surface area contributed by atoms with E-state index in [1.807, 2.05) is 4.90 Å². The molecule has 1 amide bonds. The Kier molecular flexibility index (Phi) is 6.58. The summed E-state index contributed by atoms with van der Waals surface area (Å²) in [6.07, 6.45) is 0. The summed E-state index contributed by atoms with van der Waals surface area (Å²) in [5.41, 5.74) is 1.46. The van der Waals surface area contributed by atoms with Gasteiger partial charge in [-0.25, -0.2) is 12.7 Å². The molecule has 1 aliphatic heterocycles. The summed E-state index contributed by atoms with van der Waals surface area (Å²) in [5, 5.41) is 14.0. The van der Waals surface area contributed by atoms with Gasteiger partial charge in [0.2, 0.25) is 10.0 Å². The number of nitrogens with one attached hydrogen (secondary N) is 1. The Labute approximate surface area is 180 Å². The van der Waals surface area contributed by atoms with Crippen LogP contribution in [0, 0.1) is 17.0 Å². The van der Waals surface area contributed by atoms with Crippen LogP contribution in [-0.4, -0.2) is 64.0 Å². The molecule has 1 fully saturated rings. The highest BCUT2D eigenvalue weighted by atomic mass is 32.2. The van der Waals surface area contributed by atoms with Crippen molar-refractivity contribution in [3.63, 3.8) is 0 Å². The number of non-ortho nitro benzene ring substituents is 1. The van der Waals surface area contributed by atoms with E-state index in [2.05, 4.69) is 5.32 Å². The number of hydrogen-bond acceptors (Lipinski definition) is 7. The van der Waals surface area contributed by atoms with Crippen LogP contribution >= 0.6 is 0 Å². The molecule has 3 rings (SSSR count). The first kappa shape index (κ1) is 22.7. The number of rotatable bonds is 6. The number of nitrogens with zero attached hydrogens (tertiary/aromatic N) is 3. The van der Waals surface area contributed by atoms with Crippen LogP contribution in [0.25, 0.3) is 0 Å². The van der Waals surface area contributed by atoms with Crippen molar-refractivity contribution in [1.82, 2.24) is 4.31 Å². The van der Waals surface area contributed by atoms with E-state index in [4.69, 9.17) is 4.74 Å². The van der Waals surface area contributed by atoms with Gasteiger partial charge >= 0.3 is 0 Å². The number of anilines is 2. The van der Waals surface area contributed by atoms with Crippen LogP contribution in [0.1, 0.15) is 15.9 Å². The quantitative estimate of drug-likeness (QED) is 0.531. The van der Waals surface area contributed by atoms with E-state index in [0.717, 1.165) is 4.31 Å². The largest absolute Gasteiger partial charge is 0.378 e. The molecule has 0 atom stereocenters. The summed E-state index contributed by atoms with van der Waals surface area (Å²) < 4.78 is 31.3. The first-order valence-corrected chi connectivity index (χ1v) is 11.0. The van der Waals surface area contributed by atoms with Gasteiger partial charge in [-0.1, -0.05) is 6.07 Å². The molecule has 1 saturated heterocycles. The molecule has 2 aromatic rings.